The van der Waals surface area contributed by atoms with Crippen molar-refractivity contribution in [2.75, 3.05) is 58.4 Å². The first-order chi connectivity index (χ1) is 17.3. The van der Waals surface area contributed by atoms with E-state index in [9.17, 15) is 18.0 Å². The van der Waals surface area contributed by atoms with Gasteiger partial charge in [-0.3, -0.25) is 4.79 Å². The molecule has 0 N–H and O–H groups in total. The fraction of sp³-hybridized carbons (Fsp3) is 0.462. The van der Waals surface area contributed by atoms with Crippen molar-refractivity contribution in [1.82, 2.24) is 9.21 Å². The number of carbonyl (C=O) groups is 2. The second-order valence-electron chi connectivity index (χ2n) is 9.14. The van der Waals surface area contributed by atoms with Crippen LogP contribution in [0.15, 0.2) is 53.4 Å². The van der Waals surface area contributed by atoms with Gasteiger partial charge in [-0.15, -0.1) is 0 Å². The molecule has 2 aliphatic heterocycles. The fourth-order valence-electron chi connectivity index (χ4n) is 4.89. The number of sulfonamides is 1. The predicted molar refractivity (Wildman–Crippen MR) is 135 cm³/mol. The Balaban J connectivity index is 1.44. The van der Waals surface area contributed by atoms with Crippen LogP contribution in [-0.2, 0) is 30.8 Å². The lowest BCUT2D eigenvalue weighted by atomic mass is 9.91. The number of esters is 1. The molecule has 2 saturated heterocycles. The summed E-state index contributed by atoms with van der Waals surface area (Å²) in [7, 11) is -0.935. The van der Waals surface area contributed by atoms with E-state index in [-0.39, 0.29) is 4.90 Å². The molecule has 0 bridgehead atoms. The van der Waals surface area contributed by atoms with Crippen molar-refractivity contribution >= 4 is 27.6 Å². The lowest BCUT2D eigenvalue weighted by Gasteiger charge is -2.36. The number of amides is 1. The van der Waals surface area contributed by atoms with Crippen LogP contribution >= 0.6 is 0 Å². The average molecular weight is 516 g/mol. The van der Waals surface area contributed by atoms with Crippen molar-refractivity contribution in [3.8, 4) is 5.75 Å². The number of rotatable bonds is 6. The third-order valence-corrected chi connectivity index (χ3v) is 8.89. The zero-order valence-electron chi connectivity index (χ0n) is 20.8. The van der Waals surface area contributed by atoms with Gasteiger partial charge in [-0.2, -0.15) is 4.31 Å². The number of nitrogens with zero attached hydrogens (tertiary/aromatic N) is 3. The molecule has 0 atom stereocenters. The van der Waals surface area contributed by atoms with Crippen LogP contribution in [0.25, 0.3) is 0 Å². The Morgan fingerprint density at radius 1 is 0.917 bits per heavy atom. The van der Waals surface area contributed by atoms with Crippen molar-refractivity contribution in [3.05, 3.63) is 54.1 Å². The molecule has 36 heavy (non-hydrogen) atoms. The Morgan fingerprint density at radius 3 is 2.19 bits per heavy atom. The van der Waals surface area contributed by atoms with Gasteiger partial charge in [0.25, 0.3) is 0 Å². The van der Waals surface area contributed by atoms with E-state index in [1.54, 1.807) is 29.6 Å². The molecule has 0 aromatic heterocycles. The van der Waals surface area contributed by atoms with Gasteiger partial charge in [0.15, 0.2) is 0 Å². The highest BCUT2D eigenvalue weighted by molar-refractivity contribution is 7.89. The molecule has 4 rings (SSSR count). The van der Waals surface area contributed by atoms with Crippen LogP contribution in [-0.4, -0.2) is 83.0 Å². The number of methoxy groups -OCH3 is 2. The second-order valence-corrected chi connectivity index (χ2v) is 11.1. The van der Waals surface area contributed by atoms with Crippen LogP contribution in [0.1, 0.15) is 18.4 Å². The van der Waals surface area contributed by atoms with Gasteiger partial charge >= 0.3 is 11.9 Å². The van der Waals surface area contributed by atoms with E-state index in [0.717, 1.165) is 19.3 Å². The number of carbonyl (C=O) groups excluding carboxylic acids is 2. The molecule has 0 spiro atoms. The number of benzene rings is 2. The van der Waals surface area contributed by atoms with Crippen molar-refractivity contribution in [3.63, 3.8) is 0 Å². The minimum Gasteiger partial charge on any atom is -0.495 e. The highest BCUT2D eigenvalue weighted by Crippen LogP contribution is 2.34. The highest BCUT2D eigenvalue weighted by atomic mass is 32.2. The number of piperazine rings is 1. The Kier molecular flexibility index (Phi) is 8.15. The molecule has 1 amide bonds. The minimum absolute atomic E-state index is 0.230. The van der Waals surface area contributed by atoms with Gasteiger partial charge in [-0.25, -0.2) is 13.2 Å². The van der Waals surface area contributed by atoms with Gasteiger partial charge in [0, 0.05) is 39.3 Å². The van der Waals surface area contributed by atoms with E-state index in [1.165, 1.54) is 17.6 Å². The SMILES string of the molecule is COC(=O)C(=O)N1CCN(c2cc(S(=O)(=O)N3CCC(Cc4ccccc4)CC3)ccc2OC)CC1. The molecule has 2 aromatic carbocycles. The third kappa shape index (κ3) is 5.65. The monoisotopic (exact) mass is 515 g/mol. The third-order valence-electron chi connectivity index (χ3n) is 7.00. The van der Waals surface area contributed by atoms with Gasteiger partial charge in [-0.1, -0.05) is 30.3 Å². The van der Waals surface area contributed by atoms with Crippen molar-refractivity contribution in [1.29, 1.82) is 0 Å². The van der Waals surface area contributed by atoms with Gasteiger partial charge in [0.2, 0.25) is 10.0 Å². The zero-order valence-corrected chi connectivity index (χ0v) is 21.6. The van der Waals surface area contributed by atoms with E-state index in [2.05, 4.69) is 16.9 Å². The van der Waals surface area contributed by atoms with Gasteiger partial charge in [-0.05, 0) is 48.9 Å². The first-order valence-electron chi connectivity index (χ1n) is 12.2. The number of piperidine rings is 1. The molecule has 2 heterocycles. The molecule has 194 valence electrons. The second kappa shape index (κ2) is 11.3. The normalized spacial score (nSPS) is 17.6. The number of hydrogen-bond donors (Lipinski definition) is 0. The standard InChI is InChI=1S/C26H33N3O6S/c1-34-24-9-8-22(19-23(24)27-14-16-28(17-15-27)25(30)26(31)35-2)36(32,33)29-12-10-21(11-13-29)18-20-6-4-3-5-7-20/h3-9,19,21H,10-18H2,1-2H3. The molecule has 9 nitrogen and oxygen atoms in total. The van der Waals surface area contributed by atoms with Crippen LogP contribution in [0.3, 0.4) is 0 Å². The summed E-state index contributed by atoms with van der Waals surface area (Å²) in [6, 6.07) is 15.2. The number of ether oxygens (including phenoxy) is 2. The van der Waals surface area contributed by atoms with Crippen LogP contribution in [0.5, 0.6) is 5.75 Å². The van der Waals surface area contributed by atoms with Crippen LogP contribution < -0.4 is 9.64 Å². The number of anilines is 1. The summed E-state index contributed by atoms with van der Waals surface area (Å²) in [6.45, 7) is 2.51. The summed E-state index contributed by atoms with van der Waals surface area (Å²) in [5.74, 6) is -0.532. The fourth-order valence-corrected chi connectivity index (χ4v) is 6.38. The van der Waals surface area contributed by atoms with Gasteiger partial charge < -0.3 is 19.3 Å². The zero-order chi connectivity index (χ0) is 25.7. The van der Waals surface area contributed by atoms with E-state index < -0.39 is 21.9 Å². The summed E-state index contributed by atoms with van der Waals surface area (Å²) in [6.07, 6.45) is 2.62. The quantitative estimate of drug-likeness (QED) is 0.430. The Labute approximate surface area is 212 Å². The summed E-state index contributed by atoms with van der Waals surface area (Å²) < 4.78 is 38.6. The van der Waals surface area contributed by atoms with E-state index in [1.807, 2.05) is 23.1 Å². The minimum atomic E-state index is -3.66. The molecular weight excluding hydrogens is 482 g/mol. The van der Waals surface area contributed by atoms with Crippen LogP contribution in [0.2, 0.25) is 0 Å². The van der Waals surface area contributed by atoms with Crippen LogP contribution in [0, 0.1) is 5.92 Å². The maximum Gasteiger partial charge on any atom is 0.396 e. The summed E-state index contributed by atoms with van der Waals surface area (Å²) in [4.78, 5) is 27.3. The van der Waals surface area contributed by atoms with Gasteiger partial charge in [0.05, 0.1) is 24.8 Å². The highest BCUT2D eigenvalue weighted by Gasteiger charge is 2.32. The predicted octanol–water partition coefficient (Wildman–Crippen LogP) is 2.16. The molecule has 0 unspecified atom stereocenters. The lowest BCUT2D eigenvalue weighted by Crippen LogP contribution is -2.51. The molecule has 10 heteroatoms. The molecular formula is C26H33N3O6S. The summed E-state index contributed by atoms with van der Waals surface area (Å²) >= 11 is 0. The topological polar surface area (TPSA) is 96.5 Å². The van der Waals surface area contributed by atoms with E-state index in [0.29, 0.717) is 56.6 Å². The number of hydrogen-bond acceptors (Lipinski definition) is 7. The van der Waals surface area contributed by atoms with E-state index in [4.69, 9.17) is 4.74 Å². The van der Waals surface area contributed by atoms with Crippen LogP contribution in [0.4, 0.5) is 5.69 Å². The first kappa shape index (κ1) is 26.0. The maximum atomic E-state index is 13.5. The molecule has 2 aliphatic rings. The summed E-state index contributed by atoms with van der Waals surface area (Å²) in [5, 5.41) is 0. The maximum absolute atomic E-state index is 13.5. The molecule has 2 aromatic rings. The lowest BCUT2D eigenvalue weighted by molar-refractivity contribution is -0.158. The molecule has 0 saturated carbocycles. The largest absolute Gasteiger partial charge is 0.495 e. The molecule has 2 fully saturated rings. The Bertz CT molecular complexity index is 1170. The van der Waals surface area contributed by atoms with Gasteiger partial charge in [0.1, 0.15) is 5.75 Å². The Hall–Kier alpha value is -3.11. The van der Waals surface area contributed by atoms with Crippen molar-refractivity contribution < 1.29 is 27.5 Å². The molecule has 0 radical (unpaired) electrons. The average Bonchev–Trinajstić information content (AvgIpc) is 2.92. The van der Waals surface area contributed by atoms with E-state index >= 15 is 0 Å². The van der Waals surface area contributed by atoms with Crippen molar-refractivity contribution in [2.24, 2.45) is 5.92 Å². The smallest absolute Gasteiger partial charge is 0.396 e. The Morgan fingerprint density at radius 2 is 1.58 bits per heavy atom. The summed E-state index contributed by atoms with van der Waals surface area (Å²) in [5.41, 5.74) is 1.94. The van der Waals surface area contributed by atoms with Crippen molar-refractivity contribution in [2.45, 2.75) is 24.2 Å². The molecule has 0 aliphatic carbocycles. The first-order valence-corrected chi connectivity index (χ1v) is 13.6.